The van der Waals surface area contributed by atoms with Gasteiger partial charge in [-0.15, -0.1) is 0 Å². The van der Waals surface area contributed by atoms with Crippen molar-refractivity contribution in [3.63, 3.8) is 0 Å². The normalized spacial score (nSPS) is 11.2. The predicted octanol–water partition coefficient (Wildman–Crippen LogP) is 2.07. The van der Waals surface area contributed by atoms with E-state index in [9.17, 15) is 22.8 Å². The van der Waals surface area contributed by atoms with Crippen molar-refractivity contribution in [1.82, 2.24) is 9.55 Å². The Morgan fingerprint density at radius 1 is 1.29 bits per heavy atom. The van der Waals surface area contributed by atoms with Gasteiger partial charge >= 0.3 is 11.9 Å². The molecule has 0 unspecified atom stereocenters. The van der Waals surface area contributed by atoms with Crippen molar-refractivity contribution in [3.8, 4) is 11.8 Å². The van der Waals surface area contributed by atoms with Gasteiger partial charge in [0.05, 0.1) is 11.3 Å². The maximum absolute atomic E-state index is 13.0. The van der Waals surface area contributed by atoms with Crippen molar-refractivity contribution in [2.24, 2.45) is 0 Å². The second kappa shape index (κ2) is 5.10. The van der Waals surface area contributed by atoms with Crippen molar-refractivity contribution >= 4 is 11.6 Å². The van der Waals surface area contributed by atoms with E-state index in [-0.39, 0.29) is 5.02 Å². The number of hydrogen-bond donors (Lipinski definition) is 1. The maximum Gasteiger partial charge on any atom is 0.418 e. The smallest absolute Gasteiger partial charge is 0.273 e. The van der Waals surface area contributed by atoms with Crippen LogP contribution in [-0.4, -0.2) is 9.55 Å². The van der Waals surface area contributed by atoms with Gasteiger partial charge in [-0.25, -0.2) is 4.79 Å². The second-order valence-electron chi connectivity index (χ2n) is 3.94. The topological polar surface area (TPSA) is 78.7 Å². The van der Waals surface area contributed by atoms with Crippen LogP contribution in [0.1, 0.15) is 11.1 Å². The summed E-state index contributed by atoms with van der Waals surface area (Å²) in [4.78, 5) is 24.7. The summed E-state index contributed by atoms with van der Waals surface area (Å²) >= 11 is 5.54. The largest absolute Gasteiger partial charge is 0.418 e. The molecule has 1 heterocycles. The zero-order chi connectivity index (χ0) is 15.8. The minimum absolute atomic E-state index is 0.163. The third-order valence-electron chi connectivity index (χ3n) is 2.59. The minimum atomic E-state index is -4.76. The quantitative estimate of drug-likeness (QED) is 0.875. The molecule has 2 aromatic rings. The number of hydrogen-bond acceptors (Lipinski definition) is 3. The van der Waals surface area contributed by atoms with Crippen LogP contribution in [0.2, 0.25) is 5.02 Å². The average molecular weight is 316 g/mol. The molecule has 1 aromatic carbocycles. The van der Waals surface area contributed by atoms with Crippen LogP contribution < -0.4 is 11.2 Å². The van der Waals surface area contributed by atoms with Gasteiger partial charge in [0.1, 0.15) is 11.6 Å². The third-order valence-corrected chi connectivity index (χ3v) is 2.82. The number of benzene rings is 1. The van der Waals surface area contributed by atoms with E-state index in [1.54, 1.807) is 4.98 Å². The molecule has 0 amide bonds. The number of aromatic nitrogens is 2. The number of nitrogens with zero attached hydrogens (tertiary/aromatic N) is 2. The van der Waals surface area contributed by atoms with Crippen molar-refractivity contribution in [3.05, 3.63) is 61.4 Å². The fraction of sp³-hybridized carbons (Fsp3) is 0.0833. The Morgan fingerprint density at radius 3 is 2.52 bits per heavy atom. The molecule has 1 aromatic heterocycles. The van der Waals surface area contributed by atoms with E-state index in [2.05, 4.69) is 0 Å². The lowest BCUT2D eigenvalue weighted by Crippen LogP contribution is -2.31. The van der Waals surface area contributed by atoms with Gasteiger partial charge in [0.25, 0.3) is 5.56 Å². The maximum atomic E-state index is 13.0. The Labute approximate surface area is 119 Å². The number of H-pyrrole nitrogens is 1. The second-order valence-corrected chi connectivity index (χ2v) is 4.38. The highest BCUT2D eigenvalue weighted by molar-refractivity contribution is 6.30. The molecule has 108 valence electrons. The van der Waals surface area contributed by atoms with Crippen molar-refractivity contribution in [2.45, 2.75) is 6.18 Å². The van der Waals surface area contributed by atoms with Crippen LogP contribution in [0, 0.1) is 11.3 Å². The van der Waals surface area contributed by atoms with E-state index >= 15 is 0 Å². The van der Waals surface area contributed by atoms with Gasteiger partial charge < -0.3 is 0 Å². The summed E-state index contributed by atoms with van der Waals surface area (Å²) in [5.41, 5.74) is -4.25. The molecule has 0 radical (unpaired) electrons. The predicted molar refractivity (Wildman–Crippen MR) is 67.4 cm³/mol. The third kappa shape index (κ3) is 2.83. The van der Waals surface area contributed by atoms with Gasteiger partial charge in [-0.3, -0.25) is 14.3 Å². The van der Waals surface area contributed by atoms with Gasteiger partial charge in [0, 0.05) is 11.2 Å². The summed E-state index contributed by atoms with van der Waals surface area (Å²) < 4.78 is 39.5. The fourth-order valence-electron chi connectivity index (χ4n) is 1.68. The van der Waals surface area contributed by atoms with Gasteiger partial charge in [0.15, 0.2) is 0 Å². The fourth-order valence-corrected chi connectivity index (χ4v) is 1.85. The first-order valence-electron chi connectivity index (χ1n) is 5.37. The number of alkyl halides is 3. The molecule has 0 fully saturated rings. The Bertz CT molecular complexity index is 862. The highest BCUT2D eigenvalue weighted by atomic mass is 35.5. The summed E-state index contributed by atoms with van der Waals surface area (Å²) in [6, 6.07) is 4.29. The first-order valence-corrected chi connectivity index (χ1v) is 5.75. The van der Waals surface area contributed by atoms with Gasteiger partial charge in [-0.1, -0.05) is 11.6 Å². The van der Waals surface area contributed by atoms with E-state index < -0.39 is 34.2 Å². The molecule has 2 rings (SSSR count). The number of nitrogens with one attached hydrogen (secondary N) is 1. The lowest BCUT2D eigenvalue weighted by molar-refractivity contribution is -0.137. The van der Waals surface area contributed by atoms with Crippen LogP contribution in [0.5, 0.6) is 0 Å². The van der Waals surface area contributed by atoms with Gasteiger partial charge in [0.2, 0.25) is 0 Å². The molecular formula is C12H5ClF3N3O2. The molecule has 0 aliphatic rings. The van der Waals surface area contributed by atoms with Crippen LogP contribution in [0.15, 0.2) is 34.0 Å². The highest BCUT2D eigenvalue weighted by Crippen LogP contribution is 2.35. The molecule has 9 heteroatoms. The SMILES string of the molecule is N#Cc1cn(-c2ccc(Cl)cc2C(F)(F)F)c(=O)[nH]c1=O. The number of rotatable bonds is 1. The Balaban J connectivity index is 2.83. The van der Waals surface area contributed by atoms with E-state index in [0.29, 0.717) is 10.6 Å². The monoisotopic (exact) mass is 315 g/mol. The van der Waals surface area contributed by atoms with E-state index in [1.807, 2.05) is 0 Å². The molecule has 0 saturated carbocycles. The van der Waals surface area contributed by atoms with E-state index in [0.717, 1.165) is 18.3 Å². The molecule has 0 saturated heterocycles. The first-order chi connectivity index (χ1) is 9.74. The molecule has 21 heavy (non-hydrogen) atoms. The molecule has 0 spiro atoms. The minimum Gasteiger partial charge on any atom is -0.273 e. The molecular weight excluding hydrogens is 311 g/mol. The summed E-state index contributed by atoms with van der Waals surface area (Å²) in [6.45, 7) is 0. The summed E-state index contributed by atoms with van der Waals surface area (Å²) in [5.74, 6) is 0. The number of halogens is 4. The number of nitriles is 1. The van der Waals surface area contributed by atoms with Crippen molar-refractivity contribution in [2.75, 3.05) is 0 Å². The average Bonchev–Trinajstić information content (AvgIpc) is 2.38. The van der Waals surface area contributed by atoms with Crippen LogP contribution in [0.3, 0.4) is 0 Å². The molecule has 0 bridgehead atoms. The lowest BCUT2D eigenvalue weighted by Gasteiger charge is -2.14. The van der Waals surface area contributed by atoms with E-state index in [1.165, 1.54) is 6.07 Å². The van der Waals surface area contributed by atoms with Crippen LogP contribution in [0.25, 0.3) is 5.69 Å². The van der Waals surface area contributed by atoms with Crippen LogP contribution >= 0.6 is 11.6 Å². The molecule has 0 atom stereocenters. The Morgan fingerprint density at radius 2 is 1.95 bits per heavy atom. The Hall–Kier alpha value is -2.53. The Kier molecular flexibility index (Phi) is 3.61. The van der Waals surface area contributed by atoms with Crippen LogP contribution in [-0.2, 0) is 6.18 Å². The first kappa shape index (κ1) is 14.9. The summed E-state index contributed by atoms with van der Waals surface area (Å²) in [5, 5.41) is 8.56. The van der Waals surface area contributed by atoms with E-state index in [4.69, 9.17) is 16.9 Å². The zero-order valence-electron chi connectivity index (χ0n) is 10.0. The van der Waals surface area contributed by atoms with Crippen molar-refractivity contribution < 1.29 is 13.2 Å². The van der Waals surface area contributed by atoms with Gasteiger partial charge in [-0.05, 0) is 18.2 Å². The molecule has 0 aliphatic carbocycles. The lowest BCUT2D eigenvalue weighted by atomic mass is 10.1. The van der Waals surface area contributed by atoms with Gasteiger partial charge in [-0.2, -0.15) is 18.4 Å². The van der Waals surface area contributed by atoms with Crippen LogP contribution in [0.4, 0.5) is 13.2 Å². The number of aromatic amines is 1. The summed E-state index contributed by atoms with van der Waals surface area (Å²) in [7, 11) is 0. The standard InChI is InChI=1S/C12H5ClF3N3O2/c13-7-1-2-9(8(3-7)12(14,15)16)19-5-6(4-17)10(20)18-11(19)21/h1-3,5H,(H,18,20,21). The molecule has 5 nitrogen and oxygen atoms in total. The zero-order valence-corrected chi connectivity index (χ0v) is 10.8. The molecule has 0 aliphatic heterocycles. The summed E-state index contributed by atoms with van der Waals surface area (Å²) in [6.07, 6.45) is -4.01. The van der Waals surface area contributed by atoms with Crippen molar-refractivity contribution in [1.29, 1.82) is 5.26 Å². The highest BCUT2D eigenvalue weighted by Gasteiger charge is 2.34. The molecule has 1 N–H and O–H groups in total.